The van der Waals surface area contributed by atoms with E-state index in [1.54, 1.807) is 4.90 Å². The van der Waals surface area contributed by atoms with Crippen LogP contribution in [0.4, 0.5) is 0 Å². The number of carbonyl (C=O) groups excluding carboxylic acids is 1. The summed E-state index contributed by atoms with van der Waals surface area (Å²) >= 11 is 0. The molecular weight excluding hydrogens is 130 g/mol. The molecule has 0 saturated heterocycles. The molecule has 4 heteroatoms. The van der Waals surface area contributed by atoms with Crippen LogP contribution >= 0.6 is 0 Å². The van der Waals surface area contributed by atoms with Crippen molar-refractivity contribution < 1.29 is 4.79 Å². The highest BCUT2D eigenvalue weighted by molar-refractivity contribution is 5.76. The predicted molar refractivity (Wildman–Crippen MR) is 36.3 cm³/mol. The molecule has 0 bridgehead atoms. The number of hydrogen-bond donors (Lipinski definition) is 0. The molecule has 0 aromatic carbocycles. The average Bonchev–Trinajstić information content (AvgIpc) is 2.38. The zero-order valence-electron chi connectivity index (χ0n) is 6.08. The maximum Gasteiger partial charge on any atom is 0.225 e. The monoisotopic (exact) mass is 141 g/mol. The van der Waals surface area contributed by atoms with Crippen molar-refractivity contribution in [2.24, 2.45) is 10.2 Å². The highest BCUT2D eigenvalue weighted by Crippen LogP contribution is 2.03. The summed E-state index contributed by atoms with van der Waals surface area (Å²) in [5.41, 5.74) is 0. The van der Waals surface area contributed by atoms with Crippen LogP contribution < -0.4 is 0 Å². The van der Waals surface area contributed by atoms with E-state index in [4.69, 9.17) is 0 Å². The summed E-state index contributed by atoms with van der Waals surface area (Å²) in [5, 5.41) is 7.40. The molecule has 1 aliphatic heterocycles. The molecule has 1 heterocycles. The van der Waals surface area contributed by atoms with E-state index in [-0.39, 0.29) is 5.91 Å². The fourth-order valence-electron chi connectivity index (χ4n) is 0.817. The molecule has 0 spiro atoms. The fraction of sp³-hybridized carbons (Fsp3) is 0.833. The molecule has 4 nitrogen and oxygen atoms in total. The van der Waals surface area contributed by atoms with Crippen molar-refractivity contribution in [3.8, 4) is 0 Å². The van der Waals surface area contributed by atoms with Crippen molar-refractivity contribution in [1.29, 1.82) is 0 Å². The minimum atomic E-state index is 0.160. The Balaban J connectivity index is 2.28. The van der Waals surface area contributed by atoms with Gasteiger partial charge >= 0.3 is 0 Å². The summed E-state index contributed by atoms with van der Waals surface area (Å²) in [5.74, 6) is 0.160. The molecule has 0 saturated carbocycles. The summed E-state index contributed by atoms with van der Waals surface area (Å²) in [6.45, 7) is 2.90. The number of carbonyl (C=O) groups is 1. The van der Waals surface area contributed by atoms with Crippen LogP contribution in [0.25, 0.3) is 0 Å². The van der Waals surface area contributed by atoms with Crippen molar-refractivity contribution in [3.63, 3.8) is 0 Å². The molecule has 1 aliphatic rings. The van der Waals surface area contributed by atoms with Crippen molar-refractivity contribution in [1.82, 2.24) is 4.90 Å². The zero-order chi connectivity index (χ0) is 7.40. The summed E-state index contributed by atoms with van der Waals surface area (Å²) in [4.78, 5) is 12.7. The molecule has 0 atom stereocenters. The van der Waals surface area contributed by atoms with E-state index in [9.17, 15) is 4.79 Å². The molecule has 0 fully saturated rings. The topological polar surface area (TPSA) is 45.0 Å². The van der Waals surface area contributed by atoms with Crippen LogP contribution in [0.3, 0.4) is 0 Å². The quantitative estimate of drug-likeness (QED) is 0.565. The van der Waals surface area contributed by atoms with Gasteiger partial charge in [0.1, 0.15) is 13.3 Å². The van der Waals surface area contributed by atoms with E-state index in [0.717, 1.165) is 6.42 Å². The summed E-state index contributed by atoms with van der Waals surface area (Å²) < 4.78 is 0. The van der Waals surface area contributed by atoms with Crippen molar-refractivity contribution in [3.05, 3.63) is 0 Å². The molecule has 1 rings (SSSR count). The van der Waals surface area contributed by atoms with Gasteiger partial charge in [0, 0.05) is 6.42 Å². The van der Waals surface area contributed by atoms with Crippen LogP contribution in [-0.4, -0.2) is 24.1 Å². The summed E-state index contributed by atoms with van der Waals surface area (Å²) in [7, 11) is 0. The van der Waals surface area contributed by atoms with Crippen LogP contribution in [0.2, 0.25) is 0 Å². The van der Waals surface area contributed by atoms with Crippen LogP contribution in [0.5, 0.6) is 0 Å². The van der Waals surface area contributed by atoms with E-state index in [1.807, 2.05) is 6.92 Å². The van der Waals surface area contributed by atoms with Gasteiger partial charge in [-0.1, -0.05) is 6.92 Å². The second-order valence-electron chi connectivity index (χ2n) is 2.25. The van der Waals surface area contributed by atoms with Gasteiger partial charge in [-0.05, 0) is 6.42 Å². The van der Waals surface area contributed by atoms with E-state index in [1.165, 1.54) is 0 Å². The summed E-state index contributed by atoms with van der Waals surface area (Å²) in [6.07, 6.45) is 1.51. The lowest BCUT2D eigenvalue weighted by molar-refractivity contribution is -0.130. The third-order valence-corrected chi connectivity index (χ3v) is 1.38. The number of azo groups is 1. The lowest BCUT2D eigenvalue weighted by Crippen LogP contribution is -2.27. The lowest BCUT2D eigenvalue weighted by Gasteiger charge is -2.10. The van der Waals surface area contributed by atoms with Crippen LogP contribution in [-0.2, 0) is 4.79 Å². The Morgan fingerprint density at radius 2 is 2.10 bits per heavy atom. The molecule has 0 aromatic heterocycles. The van der Waals surface area contributed by atoms with Crippen molar-refractivity contribution in [2.45, 2.75) is 19.8 Å². The first-order chi connectivity index (χ1) is 4.84. The minimum absolute atomic E-state index is 0.160. The second kappa shape index (κ2) is 3.29. The third kappa shape index (κ3) is 1.52. The molecule has 0 radical (unpaired) electrons. The Morgan fingerprint density at radius 3 is 2.60 bits per heavy atom. The van der Waals surface area contributed by atoms with Gasteiger partial charge in [-0.15, -0.1) is 0 Å². The maximum absolute atomic E-state index is 11.1. The first kappa shape index (κ1) is 7.18. The van der Waals surface area contributed by atoms with Gasteiger partial charge < -0.3 is 0 Å². The molecule has 0 unspecified atom stereocenters. The van der Waals surface area contributed by atoms with Crippen LogP contribution in [0, 0.1) is 0 Å². The Kier molecular flexibility index (Phi) is 2.36. The average molecular weight is 141 g/mol. The summed E-state index contributed by atoms with van der Waals surface area (Å²) in [6, 6.07) is 0. The first-order valence-electron chi connectivity index (χ1n) is 3.45. The Labute approximate surface area is 59.9 Å². The Hall–Kier alpha value is -0.930. The largest absolute Gasteiger partial charge is 0.300 e. The van der Waals surface area contributed by atoms with Crippen molar-refractivity contribution >= 4 is 5.91 Å². The fourth-order valence-corrected chi connectivity index (χ4v) is 0.817. The van der Waals surface area contributed by atoms with Gasteiger partial charge in [-0.25, -0.2) is 0 Å². The standard InChI is InChI=1S/C6H11N3O/c1-2-3-6(10)9-4-7-8-5-9/h2-5H2,1H3. The SMILES string of the molecule is CCCC(=O)N1CN=NC1. The lowest BCUT2D eigenvalue weighted by atomic mass is 10.3. The highest BCUT2D eigenvalue weighted by atomic mass is 16.2. The molecule has 56 valence electrons. The molecule has 0 aliphatic carbocycles. The Morgan fingerprint density at radius 1 is 1.50 bits per heavy atom. The number of amides is 1. The third-order valence-electron chi connectivity index (χ3n) is 1.38. The van der Waals surface area contributed by atoms with Crippen molar-refractivity contribution in [2.75, 3.05) is 13.3 Å². The molecular formula is C6H11N3O. The van der Waals surface area contributed by atoms with Crippen LogP contribution in [0.15, 0.2) is 10.2 Å². The van der Waals surface area contributed by atoms with Gasteiger partial charge in [-0.2, -0.15) is 10.2 Å². The minimum Gasteiger partial charge on any atom is -0.300 e. The van der Waals surface area contributed by atoms with Gasteiger partial charge in [0.15, 0.2) is 0 Å². The predicted octanol–water partition coefficient (Wildman–Crippen LogP) is 0.996. The van der Waals surface area contributed by atoms with Gasteiger partial charge in [0.05, 0.1) is 0 Å². The van der Waals surface area contributed by atoms with Crippen LogP contribution in [0.1, 0.15) is 19.8 Å². The van der Waals surface area contributed by atoms with E-state index < -0.39 is 0 Å². The maximum atomic E-state index is 11.1. The van der Waals surface area contributed by atoms with Gasteiger partial charge in [0.25, 0.3) is 0 Å². The zero-order valence-corrected chi connectivity index (χ0v) is 6.08. The van der Waals surface area contributed by atoms with Gasteiger partial charge in [0.2, 0.25) is 5.91 Å². The normalized spacial score (nSPS) is 16.3. The number of rotatable bonds is 2. The first-order valence-corrected chi connectivity index (χ1v) is 3.45. The molecule has 1 amide bonds. The number of nitrogens with zero attached hydrogens (tertiary/aromatic N) is 3. The highest BCUT2D eigenvalue weighted by Gasteiger charge is 2.13. The number of hydrogen-bond acceptors (Lipinski definition) is 3. The van der Waals surface area contributed by atoms with Gasteiger partial charge in [-0.3, -0.25) is 9.69 Å². The molecule has 0 N–H and O–H groups in total. The van der Waals surface area contributed by atoms with E-state index in [2.05, 4.69) is 10.2 Å². The molecule has 0 aromatic rings. The smallest absolute Gasteiger partial charge is 0.225 e. The Bertz CT molecular complexity index is 147. The second-order valence-corrected chi connectivity index (χ2v) is 2.25. The van der Waals surface area contributed by atoms with E-state index in [0.29, 0.717) is 19.8 Å². The molecule has 10 heavy (non-hydrogen) atoms. The van der Waals surface area contributed by atoms with E-state index >= 15 is 0 Å².